The van der Waals surface area contributed by atoms with Crippen LogP contribution in [0, 0.1) is 0 Å². The topological polar surface area (TPSA) is 100 Å². The maximum atomic E-state index is 12.3. The van der Waals surface area contributed by atoms with Crippen LogP contribution in [0.1, 0.15) is 11.1 Å². The lowest BCUT2D eigenvalue weighted by Gasteiger charge is -2.13. The number of thioether (sulfide) groups is 1. The Bertz CT molecular complexity index is 818. The summed E-state index contributed by atoms with van der Waals surface area (Å²) in [7, 11) is -2.15. The summed E-state index contributed by atoms with van der Waals surface area (Å²) in [6, 6.07) is 12.9. The van der Waals surface area contributed by atoms with E-state index in [1.54, 1.807) is 0 Å². The number of nitrogens with zero attached hydrogens (tertiary/aromatic N) is 2. The molecule has 11 heteroatoms. The van der Waals surface area contributed by atoms with E-state index in [-0.39, 0.29) is 10.7 Å². The molecule has 0 saturated carbocycles. The molecule has 0 aromatic heterocycles. The Morgan fingerprint density at radius 3 is 2.52 bits per heavy atom. The van der Waals surface area contributed by atoms with Crippen LogP contribution in [0.4, 0.5) is 13.2 Å². The summed E-state index contributed by atoms with van der Waals surface area (Å²) in [5.41, 5.74) is 6.63. The highest BCUT2D eigenvalue weighted by Gasteiger charge is 2.33. The van der Waals surface area contributed by atoms with E-state index in [1.165, 1.54) is 24.0 Å². The van der Waals surface area contributed by atoms with E-state index < -0.39 is 24.7 Å². The fraction of sp³-hybridized carbons (Fsp3) is 0.125. The van der Waals surface area contributed by atoms with Gasteiger partial charge in [0.05, 0.1) is 6.21 Å². The molecule has 0 radical (unpaired) electrons. The number of ether oxygens (including phenoxy) is 1. The zero-order chi connectivity index (χ0) is 19.9. The highest BCUT2D eigenvalue weighted by Crippen LogP contribution is 2.21. The van der Waals surface area contributed by atoms with E-state index in [4.69, 9.17) is 5.73 Å². The third kappa shape index (κ3) is 7.33. The van der Waals surface area contributed by atoms with Crippen molar-refractivity contribution >= 4 is 35.7 Å². The number of rotatable bonds is 6. The first kappa shape index (κ1) is 20.8. The Hall–Kier alpha value is -2.50. The van der Waals surface area contributed by atoms with Crippen molar-refractivity contribution in [1.82, 2.24) is 0 Å². The molecule has 0 fully saturated rings. The van der Waals surface area contributed by atoms with Crippen molar-refractivity contribution in [3.05, 3.63) is 59.7 Å². The van der Waals surface area contributed by atoms with Gasteiger partial charge in [0.2, 0.25) is 0 Å². The summed E-state index contributed by atoms with van der Waals surface area (Å²) in [4.78, 5) is 0. The molecule has 4 N–H and O–H groups in total. The fourth-order valence-electron chi connectivity index (χ4n) is 1.98. The van der Waals surface area contributed by atoms with Gasteiger partial charge in [-0.2, -0.15) is 5.10 Å². The number of halogens is 3. The molecule has 0 aliphatic rings. The average Bonchev–Trinajstić information content (AvgIpc) is 2.60. The number of nitrogens with two attached hydrogens (primary N) is 1. The van der Waals surface area contributed by atoms with Gasteiger partial charge in [0.25, 0.3) is 0 Å². The first-order chi connectivity index (χ1) is 12.7. The molecule has 0 saturated heterocycles. The van der Waals surface area contributed by atoms with E-state index >= 15 is 0 Å². The lowest BCUT2D eigenvalue weighted by molar-refractivity contribution is -0.274. The molecule has 0 atom stereocenters. The number of amidine groups is 1. The SMILES string of the molecule is NC(=NN=Cc1ccc(OC(F)(F)F)c(B(O)O)c1)SCc1ccccc1. The Morgan fingerprint density at radius 2 is 1.89 bits per heavy atom. The minimum atomic E-state index is -4.95. The molecule has 0 bridgehead atoms. The predicted octanol–water partition coefficient (Wildman–Crippen LogP) is 1.85. The molecule has 0 aliphatic carbocycles. The van der Waals surface area contributed by atoms with E-state index in [0.29, 0.717) is 5.75 Å². The summed E-state index contributed by atoms with van der Waals surface area (Å²) in [6.45, 7) is 0. The molecule has 0 spiro atoms. The van der Waals surface area contributed by atoms with E-state index in [0.717, 1.165) is 17.7 Å². The molecule has 2 rings (SSSR count). The number of alkyl halides is 3. The summed E-state index contributed by atoms with van der Waals surface area (Å²) in [6.07, 6.45) is -3.73. The summed E-state index contributed by atoms with van der Waals surface area (Å²) in [5, 5.41) is 26.2. The van der Waals surface area contributed by atoms with E-state index in [1.807, 2.05) is 30.3 Å². The zero-order valence-electron chi connectivity index (χ0n) is 13.8. The van der Waals surface area contributed by atoms with Crippen LogP contribution < -0.4 is 15.9 Å². The van der Waals surface area contributed by atoms with Gasteiger partial charge in [0, 0.05) is 11.2 Å². The van der Waals surface area contributed by atoms with Crippen LogP contribution in [0.15, 0.2) is 58.7 Å². The molecular formula is C16H15BF3N3O3S. The maximum absolute atomic E-state index is 12.3. The van der Waals surface area contributed by atoms with Crippen molar-refractivity contribution < 1.29 is 28.0 Å². The number of hydrogen-bond donors (Lipinski definition) is 3. The Labute approximate surface area is 157 Å². The van der Waals surface area contributed by atoms with Gasteiger partial charge < -0.3 is 20.5 Å². The third-order valence-electron chi connectivity index (χ3n) is 3.13. The molecule has 0 heterocycles. The highest BCUT2D eigenvalue weighted by molar-refractivity contribution is 8.13. The first-order valence-electron chi connectivity index (χ1n) is 7.53. The van der Waals surface area contributed by atoms with Crippen LogP contribution >= 0.6 is 11.8 Å². The van der Waals surface area contributed by atoms with Crippen molar-refractivity contribution in [2.75, 3.05) is 0 Å². The molecule has 142 valence electrons. The van der Waals surface area contributed by atoms with E-state index in [2.05, 4.69) is 14.9 Å². The van der Waals surface area contributed by atoms with Gasteiger partial charge in [-0.3, -0.25) is 0 Å². The van der Waals surface area contributed by atoms with Crippen molar-refractivity contribution in [2.24, 2.45) is 15.9 Å². The second kappa shape index (κ2) is 9.44. The van der Waals surface area contributed by atoms with Crippen molar-refractivity contribution in [3.8, 4) is 5.75 Å². The average molecular weight is 397 g/mol. The molecular weight excluding hydrogens is 382 g/mol. The van der Waals surface area contributed by atoms with E-state index in [9.17, 15) is 23.2 Å². The van der Waals surface area contributed by atoms with Gasteiger partial charge in [-0.05, 0) is 29.3 Å². The quantitative estimate of drug-likeness (QED) is 0.299. The van der Waals surface area contributed by atoms with Crippen LogP contribution in [0.3, 0.4) is 0 Å². The summed E-state index contributed by atoms with van der Waals surface area (Å²) >= 11 is 1.27. The van der Waals surface area contributed by atoms with Gasteiger partial charge in [-0.25, -0.2) is 0 Å². The van der Waals surface area contributed by atoms with Crippen molar-refractivity contribution in [1.29, 1.82) is 0 Å². The van der Waals surface area contributed by atoms with Crippen molar-refractivity contribution in [2.45, 2.75) is 12.1 Å². The lowest BCUT2D eigenvalue weighted by atomic mass is 9.79. The zero-order valence-corrected chi connectivity index (χ0v) is 14.6. The lowest BCUT2D eigenvalue weighted by Crippen LogP contribution is -2.34. The summed E-state index contributed by atoms with van der Waals surface area (Å²) < 4.78 is 40.7. The molecule has 0 unspecified atom stereocenters. The highest BCUT2D eigenvalue weighted by atomic mass is 32.2. The summed E-state index contributed by atoms with van der Waals surface area (Å²) in [5.74, 6) is -0.105. The largest absolute Gasteiger partial charge is 0.573 e. The number of benzene rings is 2. The molecule has 27 heavy (non-hydrogen) atoms. The maximum Gasteiger partial charge on any atom is 0.573 e. The number of hydrogen-bond acceptors (Lipinski definition) is 6. The minimum absolute atomic E-state index is 0.203. The van der Waals surface area contributed by atoms with Crippen molar-refractivity contribution in [3.63, 3.8) is 0 Å². The second-order valence-electron chi connectivity index (χ2n) is 5.18. The Balaban J connectivity index is 2.04. The first-order valence-corrected chi connectivity index (χ1v) is 8.52. The fourth-order valence-corrected chi connectivity index (χ4v) is 2.59. The third-order valence-corrected chi connectivity index (χ3v) is 3.99. The van der Waals surface area contributed by atoms with Crippen LogP contribution in [0.25, 0.3) is 0 Å². The minimum Gasteiger partial charge on any atom is -0.423 e. The van der Waals surface area contributed by atoms with Gasteiger partial charge in [0.1, 0.15) is 5.75 Å². The smallest absolute Gasteiger partial charge is 0.423 e. The van der Waals surface area contributed by atoms with Crippen LogP contribution in [-0.2, 0) is 5.75 Å². The van der Waals surface area contributed by atoms with Crippen LogP contribution in [0.5, 0.6) is 5.75 Å². The molecule has 6 nitrogen and oxygen atoms in total. The van der Waals surface area contributed by atoms with Gasteiger partial charge in [-0.1, -0.05) is 42.1 Å². The van der Waals surface area contributed by atoms with Gasteiger partial charge in [-0.15, -0.1) is 18.3 Å². The standard InChI is InChI=1S/C16H15BF3N3O3S/c18-16(19,20)26-14-7-6-12(8-13(14)17(24)25)9-22-23-15(21)27-10-11-4-2-1-3-5-11/h1-9,24-25H,10H2,(H2,21,23). The molecule has 0 aliphatic heterocycles. The Morgan fingerprint density at radius 1 is 1.19 bits per heavy atom. The molecule has 2 aromatic rings. The second-order valence-corrected chi connectivity index (χ2v) is 6.17. The van der Waals surface area contributed by atoms with Gasteiger partial charge in [0.15, 0.2) is 5.17 Å². The normalized spacial score (nSPS) is 12.4. The van der Waals surface area contributed by atoms with Crippen LogP contribution in [-0.4, -0.2) is 34.9 Å². The van der Waals surface area contributed by atoms with Gasteiger partial charge >= 0.3 is 13.5 Å². The Kier molecular flexibility index (Phi) is 7.28. The monoisotopic (exact) mass is 397 g/mol. The predicted molar refractivity (Wildman–Crippen MR) is 99.9 cm³/mol. The molecule has 0 amide bonds. The van der Waals surface area contributed by atoms with Crippen LogP contribution in [0.2, 0.25) is 0 Å². The molecule has 2 aromatic carbocycles.